The summed E-state index contributed by atoms with van der Waals surface area (Å²) in [5.41, 5.74) is 1.02. The highest BCUT2D eigenvalue weighted by Gasteiger charge is 2.11. The van der Waals surface area contributed by atoms with Crippen molar-refractivity contribution in [3.05, 3.63) is 29.8 Å². The minimum Gasteiger partial charge on any atom is -0.508 e. The van der Waals surface area contributed by atoms with Crippen LogP contribution in [0.5, 0.6) is 5.75 Å². The van der Waals surface area contributed by atoms with Gasteiger partial charge in [0.2, 0.25) is 0 Å². The fourth-order valence-corrected chi connectivity index (χ4v) is 2.12. The molecular formula is C15H25NO. The Hall–Kier alpha value is -1.02. The molecule has 1 aromatic carbocycles. The maximum Gasteiger partial charge on any atom is 0.120 e. The molecule has 0 unspecified atom stereocenters. The van der Waals surface area contributed by atoms with Crippen molar-refractivity contribution in [2.45, 2.75) is 34.2 Å². The van der Waals surface area contributed by atoms with Gasteiger partial charge < -0.3 is 5.11 Å². The van der Waals surface area contributed by atoms with Gasteiger partial charge in [0, 0.05) is 25.2 Å². The molecule has 0 amide bonds. The molecule has 0 heterocycles. The maximum absolute atomic E-state index is 9.80. The Balaban J connectivity index is 2.68. The highest BCUT2D eigenvalue weighted by atomic mass is 16.3. The first-order valence-corrected chi connectivity index (χ1v) is 6.48. The van der Waals surface area contributed by atoms with Crippen molar-refractivity contribution in [3.63, 3.8) is 0 Å². The minimum atomic E-state index is 0.407. The Morgan fingerprint density at radius 2 is 1.53 bits per heavy atom. The molecule has 0 aromatic heterocycles. The molecule has 0 aliphatic rings. The van der Waals surface area contributed by atoms with E-state index in [-0.39, 0.29) is 0 Å². The predicted molar refractivity (Wildman–Crippen MR) is 73.1 cm³/mol. The van der Waals surface area contributed by atoms with Gasteiger partial charge in [-0.1, -0.05) is 45.9 Å². The second-order valence-electron chi connectivity index (χ2n) is 5.61. The van der Waals surface area contributed by atoms with E-state index in [0.717, 1.165) is 25.2 Å². The standard InChI is InChI=1S/C15H25NO/c1-12(2)9-16(10-13(3)4)11-14-7-5-6-8-15(14)17/h5-8,12-13,17H,9-11H2,1-4H3. The van der Waals surface area contributed by atoms with Crippen molar-refractivity contribution in [1.82, 2.24) is 4.90 Å². The number of nitrogens with zero attached hydrogens (tertiary/aromatic N) is 1. The molecule has 2 nitrogen and oxygen atoms in total. The molecule has 0 saturated carbocycles. The first kappa shape index (κ1) is 14.0. The SMILES string of the molecule is CC(C)CN(Cc1ccccc1O)CC(C)C. The number of hydrogen-bond donors (Lipinski definition) is 1. The monoisotopic (exact) mass is 235 g/mol. The first-order valence-electron chi connectivity index (χ1n) is 6.48. The molecule has 0 aliphatic heterocycles. The summed E-state index contributed by atoms with van der Waals surface area (Å²) in [6.07, 6.45) is 0. The van der Waals surface area contributed by atoms with Gasteiger partial charge in [-0.2, -0.15) is 0 Å². The van der Waals surface area contributed by atoms with Crippen molar-refractivity contribution >= 4 is 0 Å². The lowest BCUT2D eigenvalue weighted by atomic mass is 10.1. The molecule has 0 saturated heterocycles. The van der Waals surface area contributed by atoms with E-state index in [1.165, 1.54) is 0 Å². The Bertz CT molecular complexity index is 323. The molecule has 0 atom stereocenters. The Labute approximate surface area is 105 Å². The lowest BCUT2D eigenvalue weighted by molar-refractivity contribution is 0.209. The molecule has 1 aromatic rings. The maximum atomic E-state index is 9.80. The number of aromatic hydroxyl groups is 1. The molecule has 0 bridgehead atoms. The fourth-order valence-electron chi connectivity index (χ4n) is 2.12. The summed E-state index contributed by atoms with van der Waals surface area (Å²) in [5.74, 6) is 1.71. The average Bonchev–Trinajstić information content (AvgIpc) is 2.19. The number of rotatable bonds is 6. The van der Waals surface area contributed by atoms with E-state index in [2.05, 4.69) is 32.6 Å². The van der Waals surface area contributed by atoms with Gasteiger partial charge in [0.05, 0.1) is 0 Å². The third-order valence-electron chi connectivity index (χ3n) is 2.63. The van der Waals surface area contributed by atoms with E-state index in [4.69, 9.17) is 0 Å². The van der Waals surface area contributed by atoms with Crippen LogP contribution in [0.3, 0.4) is 0 Å². The molecule has 0 fully saturated rings. The van der Waals surface area contributed by atoms with Gasteiger partial charge in [-0.15, -0.1) is 0 Å². The minimum absolute atomic E-state index is 0.407. The zero-order valence-electron chi connectivity index (χ0n) is 11.5. The van der Waals surface area contributed by atoms with Crippen LogP contribution in [0.2, 0.25) is 0 Å². The van der Waals surface area contributed by atoms with Crippen LogP contribution in [0.1, 0.15) is 33.3 Å². The summed E-state index contributed by atoms with van der Waals surface area (Å²) < 4.78 is 0. The Morgan fingerprint density at radius 3 is 2.00 bits per heavy atom. The highest BCUT2D eigenvalue weighted by molar-refractivity contribution is 5.31. The van der Waals surface area contributed by atoms with Crippen LogP contribution in [-0.2, 0) is 6.54 Å². The highest BCUT2D eigenvalue weighted by Crippen LogP contribution is 2.19. The molecule has 0 aliphatic carbocycles. The molecule has 0 radical (unpaired) electrons. The van der Waals surface area contributed by atoms with Crippen LogP contribution in [0, 0.1) is 11.8 Å². The summed E-state index contributed by atoms with van der Waals surface area (Å²) >= 11 is 0. The van der Waals surface area contributed by atoms with Gasteiger partial charge in [-0.25, -0.2) is 0 Å². The number of benzene rings is 1. The van der Waals surface area contributed by atoms with E-state index in [0.29, 0.717) is 17.6 Å². The number of phenolic OH excluding ortho intramolecular Hbond substituents is 1. The van der Waals surface area contributed by atoms with E-state index < -0.39 is 0 Å². The Morgan fingerprint density at radius 1 is 1.00 bits per heavy atom. The summed E-state index contributed by atoms with van der Waals surface area (Å²) in [6, 6.07) is 7.62. The normalized spacial score (nSPS) is 11.7. The number of para-hydroxylation sites is 1. The summed E-state index contributed by atoms with van der Waals surface area (Å²) in [4.78, 5) is 2.42. The lowest BCUT2D eigenvalue weighted by Crippen LogP contribution is -2.30. The summed E-state index contributed by atoms with van der Waals surface area (Å²) in [7, 11) is 0. The van der Waals surface area contributed by atoms with Crippen LogP contribution in [0.15, 0.2) is 24.3 Å². The van der Waals surface area contributed by atoms with Gasteiger partial charge >= 0.3 is 0 Å². The first-order chi connectivity index (χ1) is 7.99. The number of hydrogen-bond acceptors (Lipinski definition) is 2. The smallest absolute Gasteiger partial charge is 0.120 e. The van der Waals surface area contributed by atoms with Crippen LogP contribution in [-0.4, -0.2) is 23.1 Å². The second-order valence-corrected chi connectivity index (χ2v) is 5.61. The molecule has 1 rings (SSSR count). The van der Waals surface area contributed by atoms with Crippen LogP contribution >= 0.6 is 0 Å². The van der Waals surface area contributed by atoms with Crippen molar-refractivity contribution < 1.29 is 5.11 Å². The van der Waals surface area contributed by atoms with Crippen molar-refractivity contribution in [3.8, 4) is 5.75 Å². The zero-order valence-corrected chi connectivity index (χ0v) is 11.5. The third kappa shape index (κ3) is 5.22. The van der Waals surface area contributed by atoms with Crippen molar-refractivity contribution in [1.29, 1.82) is 0 Å². The molecule has 96 valence electrons. The predicted octanol–water partition coefficient (Wildman–Crippen LogP) is 3.51. The van der Waals surface area contributed by atoms with Crippen molar-refractivity contribution in [2.75, 3.05) is 13.1 Å². The average molecular weight is 235 g/mol. The van der Waals surface area contributed by atoms with Gasteiger partial charge in [-0.05, 0) is 17.9 Å². The van der Waals surface area contributed by atoms with Crippen LogP contribution in [0.4, 0.5) is 0 Å². The second kappa shape index (κ2) is 6.65. The van der Waals surface area contributed by atoms with Crippen LogP contribution < -0.4 is 0 Å². The summed E-state index contributed by atoms with van der Waals surface area (Å²) in [6.45, 7) is 11.9. The quantitative estimate of drug-likeness (QED) is 0.815. The molecule has 2 heteroatoms. The molecule has 17 heavy (non-hydrogen) atoms. The van der Waals surface area contributed by atoms with E-state index in [9.17, 15) is 5.11 Å². The molecule has 0 spiro atoms. The molecule has 1 N–H and O–H groups in total. The summed E-state index contributed by atoms with van der Waals surface area (Å²) in [5, 5.41) is 9.80. The van der Waals surface area contributed by atoms with E-state index >= 15 is 0 Å². The van der Waals surface area contributed by atoms with Crippen LogP contribution in [0.25, 0.3) is 0 Å². The van der Waals surface area contributed by atoms with Gasteiger partial charge in [0.15, 0.2) is 0 Å². The number of phenols is 1. The van der Waals surface area contributed by atoms with Gasteiger partial charge in [-0.3, -0.25) is 4.90 Å². The fraction of sp³-hybridized carbons (Fsp3) is 0.600. The van der Waals surface area contributed by atoms with E-state index in [1.807, 2.05) is 18.2 Å². The topological polar surface area (TPSA) is 23.5 Å². The van der Waals surface area contributed by atoms with Gasteiger partial charge in [0.1, 0.15) is 5.75 Å². The third-order valence-corrected chi connectivity index (χ3v) is 2.63. The zero-order chi connectivity index (χ0) is 12.8. The van der Waals surface area contributed by atoms with E-state index in [1.54, 1.807) is 6.07 Å². The van der Waals surface area contributed by atoms with Crippen molar-refractivity contribution in [2.24, 2.45) is 11.8 Å². The largest absolute Gasteiger partial charge is 0.508 e. The molecular weight excluding hydrogens is 210 g/mol. The van der Waals surface area contributed by atoms with Gasteiger partial charge in [0.25, 0.3) is 0 Å². The lowest BCUT2D eigenvalue weighted by Gasteiger charge is -2.26. The Kier molecular flexibility index (Phi) is 5.49.